The number of nitrogens with one attached hydrogen (secondary N) is 1. The smallest absolute Gasteiger partial charge is 0.255 e. The number of nitrogens with zero attached hydrogens (tertiary/aromatic N) is 3. The van der Waals surface area contributed by atoms with Gasteiger partial charge in [-0.05, 0) is 34.8 Å². The summed E-state index contributed by atoms with van der Waals surface area (Å²) in [5.74, 6) is 0.189. The molecule has 3 heterocycles. The molecule has 6 nitrogen and oxygen atoms in total. The maximum atomic E-state index is 12.6. The minimum Gasteiger partial charge on any atom is -0.333 e. The number of halogens is 1. The third-order valence-corrected chi connectivity index (χ3v) is 5.58. The average molecular weight is 407 g/mol. The van der Waals surface area contributed by atoms with Crippen LogP contribution in [0.3, 0.4) is 0 Å². The fraction of sp³-hybridized carbons (Fsp3) is 0.375. The predicted octanol–water partition coefficient (Wildman–Crippen LogP) is 2.85. The van der Waals surface area contributed by atoms with E-state index in [1.807, 2.05) is 0 Å². The van der Waals surface area contributed by atoms with E-state index in [9.17, 15) is 9.59 Å². The molecule has 1 N–H and O–H groups in total. The van der Waals surface area contributed by atoms with Crippen molar-refractivity contribution in [2.24, 2.45) is 5.92 Å². The standard InChI is InChI=1S/C16H15BrN4O2S/c17-11-5-10(6-18-7-11)15(23)21-4-3-12-13(8-21)24-16(19-12)20-14(22)9-1-2-9/h5-7,9H,1-4,8H2,(H,19,20,22). The van der Waals surface area contributed by atoms with Gasteiger partial charge in [-0.1, -0.05) is 11.3 Å². The second kappa shape index (κ2) is 6.25. The van der Waals surface area contributed by atoms with Gasteiger partial charge in [0.2, 0.25) is 5.91 Å². The van der Waals surface area contributed by atoms with Gasteiger partial charge in [0.05, 0.1) is 17.8 Å². The lowest BCUT2D eigenvalue weighted by Gasteiger charge is -2.26. The Labute approximate surface area is 151 Å². The zero-order chi connectivity index (χ0) is 16.7. The number of hydrogen-bond donors (Lipinski definition) is 1. The van der Waals surface area contributed by atoms with Gasteiger partial charge in [-0.2, -0.15) is 0 Å². The molecule has 1 aliphatic heterocycles. The first kappa shape index (κ1) is 15.7. The van der Waals surface area contributed by atoms with Gasteiger partial charge in [-0.25, -0.2) is 4.98 Å². The Morgan fingerprint density at radius 3 is 2.92 bits per heavy atom. The van der Waals surface area contributed by atoms with E-state index in [4.69, 9.17) is 0 Å². The van der Waals surface area contributed by atoms with Gasteiger partial charge in [0, 0.05) is 40.6 Å². The Bertz CT molecular complexity index is 818. The number of carbonyl (C=O) groups is 2. The summed E-state index contributed by atoms with van der Waals surface area (Å²) in [5, 5.41) is 3.54. The highest BCUT2D eigenvalue weighted by Gasteiger charge is 2.31. The molecule has 2 aliphatic rings. The number of fused-ring (bicyclic) bond motifs is 1. The van der Waals surface area contributed by atoms with Crippen LogP contribution in [0.5, 0.6) is 0 Å². The molecule has 124 valence electrons. The van der Waals surface area contributed by atoms with Crippen molar-refractivity contribution < 1.29 is 9.59 Å². The van der Waals surface area contributed by atoms with Crippen molar-refractivity contribution >= 4 is 44.2 Å². The molecule has 2 aromatic heterocycles. The predicted molar refractivity (Wildman–Crippen MR) is 93.8 cm³/mol. The van der Waals surface area contributed by atoms with Gasteiger partial charge in [-0.15, -0.1) is 0 Å². The number of amides is 2. The zero-order valence-electron chi connectivity index (χ0n) is 12.8. The number of thiazole rings is 1. The summed E-state index contributed by atoms with van der Waals surface area (Å²) >= 11 is 4.81. The van der Waals surface area contributed by atoms with E-state index in [1.54, 1.807) is 23.4 Å². The molecular weight excluding hydrogens is 392 g/mol. The number of aromatic nitrogens is 2. The molecule has 0 aromatic carbocycles. The lowest BCUT2D eigenvalue weighted by molar-refractivity contribution is -0.117. The van der Waals surface area contributed by atoms with E-state index < -0.39 is 0 Å². The van der Waals surface area contributed by atoms with Crippen LogP contribution in [0.25, 0.3) is 0 Å². The van der Waals surface area contributed by atoms with Crippen LogP contribution in [0.2, 0.25) is 0 Å². The quantitative estimate of drug-likeness (QED) is 0.849. The second-order valence-corrected chi connectivity index (χ2v) is 8.02. The number of carbonyl (C=O) groups excluding carboxylic acids is 2. The maximum Gasteiger partial charge on any atom is 0.255 e. The summed E-state index contributed by atoms with van der Waals surface area (Å²) in [7, 11) is 0. The molecule has 1 fully saturated rings. The highest BCUT2D eigenvalue weighted by molar-refractivity contribution is 9.10. The number of pyridine rings is 1. The number of anilines is 1. The first-order chi connectivity index (χ1) is 11.6. The van der Waals surface area contributed by atoms with E-state index in [1.165, 1.54) is 11.3 Å². The fourth-order valence-corrected chi connectivity index (χ4v) is 4.08. The van der Waals surface area contributed by atoms with E-state index in [0.29, 0.717) is 30.2 Å². The van der Waals surface area contributed by atoms with Gasteiger partial charge in [0.25, 0.3) is 5.91 Å². The van der Waals surface area contributed by atoms with E-state index in [0.717, 1.165) is 27.9 Å². The van der Waals surface area contributed by atoms with Crippen molar-refractivity contribution in [2.75, 3.05) is 11.9 Å². The third-order valence-electron chi connectivity index (χ3n) is 4.15. The molecule has 1 aliphatic carbocycles. The zero-order valence-corrected chi connectivity index (χ0v) is 15.2. The van der Waals surface area contributed by atoms with Gasteiger partial charge in [-0.3, -0.25) is 14.6 Å². The average Bonchev–Trinajstić information content (AvgIpc) is 3.34. The molecule has 1 saturated carbocycles. The minimum absolute atomic E-state index is 0.0357. The molecule has 24 heavy (non-hydrogen) atoms. The summed E-state index contributed by atoms with van der Waals surface area (Å²) < 4.78 is 0.786. The van der Waals surface area contributed by atoms with Gasteiger partial charge < -0.3 is 10.2 Å². The molecule has 4 rings (SSSR count). The van der Waals surface area contributed by atoms with Crippen molar-refractivity contribution in [1.82, 2.24) is 14.9 Å². The minimum atomic E-state index is -0.0357. The van der Waals surface area contributed by atoms with Crippen LogP contribution < -0.4 is 5.32 Å². The summed E-state index contributed by atoms with van der Waals surface area (Å²) in [4.78, 5) is 35.9. The van der Waals surface area contributed by atoms with E-state index in [2.05, 4.69) is 31.2 Å². The topological polar surface area (TPSA) is 75.2 Å². The van der Waals surface area contributed by atoms with Crippen LogP contribution in [-0.2, 0) is 17.8 Å². The SMILES string of the molecule is O=C(Nc1nc2c(s1)CN(C(=O)c1cncc(Br)c1)CC2)C1CC1. The van der Waals surface area contributed by atoms with Crippen LogP contribution in [0, 0.1) is 5.92 Å². The third kappa shape index (κ3) is 3.21. The summed E-state index contributed by atoms with van der Waals surface area (Å²) in [6.45, 7) is 1.15. The lowest BCUT2D eigenvalue weighted by Crippen LogP contribution is -2.35. The molecule has 2 aromatic rings. The van der Waals surface area contributed by atoms with Crippen molar-refractivity contribution in [2.45, 2.75) is 25.8 Å². The summed E-state index contributed by atoms with van der Waals surface area (Å²) in [5.41, 5.74) is 1.56. The Kier molecular flexibility index (Phi) is 4.09. The first-order valence-corrected chi connectivity index (χ1v) is 9.40. The lowest BCUT2D eigenvalue weighted by atomic mass is 10.1. The molecule has 2 amide bonds. The molecule has 0 atom stereocenters. The Morgan fingerprint density at radius 1 is 1.33 bits per heavy atom. The highest BCUT2D eigenvalue weighted by Crippen LogP contribution is 2.33. The molecular formula is C16H15BrN4O2S. The number of rotatable bonds is 3. The van der Waals surface area contributed by atoms with Crippen molar-refractivity contribution in [3.8, 4) is 0 Å². The van der Waals surface area contributed by atoms with Crippen LogP contribution in [0.15, 0.2) is 22.9 Å². The largest absolute Gasteiger partial charge is 0.333 e. The molecule has 0 saturated heterocycles. The van der Waals surface area contributed by atoms with Crippen LogP contribution in [0.4, 0.5) is 5.13 Å². The summed E-state index contributed by atoms with van der Waals surface area (Å²) in [6.07, 6.45) is 5.89. The molecule has 0 spiro atoms. The number of hydrogen-bond acceptors (Lipinski definition) is 5. The summed E-state index contributed by atoms with van der Waals surface area (Å²) in [6, 6.07) is 1.78. The van der Waals surface area contributed by atoms with Gasteiger partial charge in [0.15, 0.2) is 5.13 Å². The van der Waals surface area contributed by atoms with E-state index in [-0.39, 0.29) is 17.7 Å². The normalized spacial score (nSPS) is 16.6. The fourth-order valence-electron chi connectivity index (χ4n) is 2.69. The van der Waals surface area contributed by atoms with Crippen molar-refractivity contribution in [1.29, 1.82) is 0 Å². The Balaban J connectivity index is 1.48. The molecule has 0 unspecified atom stereocenters. The second-order valence-electron chi connectivity index (χ2n) is 6.02. The Morgan fingerprint density at radius 2 is 2.17 bits per heavy atom. The highest BCUT2D eigenvalue weighted by atomic mass is 79.9. The Hall–Kier alpha value is -1.80. The maximum absolute atomic E-state index is 12.6. The van der Waals surface area contributed by atoms with Crippen LogP contribution >= 0.6 is 27.3 Å². The van der Waals surface area contributed by atoms with Gasteiger partial charge in [0.1, 0.15) is 0 Å². The van der Waals surface area contributed by atoms with Crippen LogP contribution in [0.1, 0.15) is 33.8 Å². The van der Waals surface area contributed by atoms with Crippen LogP contribution in [-0.4, -0.2) is 33.2 Å². The molecule has 0 bridgehead atoms. The van der Waals surface area contributed by atoms with Crippen molar-refractivity contribution in [3.05, 3.63) is 39.1 Å². The first-order valence-electron chi connectivity index (χ1n) is 7.79. The van der Waals surface area contributed by atoms with Gasteiger partial charge >= 0.3 is 0 Å². The van der Waals surface area contributed by atoms with Crippen molar-refractivity contribution in [3.63, 3.8) is 0 Å². The monoisotopic (exact) mass is 406 g/mol. The van der Waals surface area contributed by atoms with E-state index >= 15 is 0 Å². The molecule has 8 heteroatoms. The molecule has 0 radical (unpaired) electrons.